The van der Waals surface area contributed by atoms with Crippen LogP contribution in [0.2, 0.25) is 0 Å². The Morgan fingerprint density at radius 2 is 1.80 bits per heavy atom. The van der Waals surface area contributed by atoms with Gasteiger partial charge >= 0.3 is 0 Å². The lowest BCUT2D eigenvalue weighted by molar-refractivity contribution is 1.20. The summed E-state index contributed by atoms with van der Waals surface area (Å²) in [6, 6.07) is 0. The number of rotatable bonds is 0. The molecule has 20 heavy (non-hydrogen) atoms. The van der Waals surface area contributed by atoms with Crippen molar-refractivity contribution in [2.45, 2.75) is 0 Å². The van der Waals surface area contributed by atoms with Crippen molar-refractivity contribution in [3.05, 3.63) is 25.0 Å². The molecule has 4 heterocycles. The van der Waals surface area contributed by atoms with E-state index in [1.54, 1.807) is 18.7 Å². The molecule has 0 fully saturated rings. The molecular formula is C10H10N10. The molecule has 10 heteroatoms. The monoisotopic (exact) mass is 270 g/mol. The van der Waals surface area contributed by atoms with Gasteiger partial charge in [0.2, 0.25) is 5.95 Å². The van der Waals surface area contributed by atoms with Crippen molar-refractivity contribution in [3.8, 4) is 0 Å². The Balaban J connectivity index is 0.000000123. The Labute approximate surface area is 111 Å². The van der Waals surface area contributed by atoms with Crippen molar-refractivity contribution in [2.75, 3.05) is 11.5 Å². The van der Waals surface area contributed by atoms with Crippen LogP contribution in [0.15, 0.2) is 25.0 Å². The van der Waals surface area contributed by atoms with E-state index in [1.807, 2.05) is 0 Å². The average molecular weight is 270 g/mol. The normalized spacial score (nSPS) is 10.4. The quantitative estimate of drug-likeness (QED) is 0.343. The molecule has 0 aliphatic heterocycles. The summed E-state index contributed by atoms with van der Waals surface area (Å²) in [6.45, 7) is 0. The van der Waals surface area contributed by atoms with Crippen LogP contribution in [0.3, 0.4) is 0 Å². The number of hydrogen-bond acceptors (Lipinski definition) is 8. The number of aromatic nitrogens is 8. The van der Waals surface area contributed by atoms with E-state index in [4.69, 9.17) is 11.5 Å². The fourth-order valence-electron chi connectivity index (χ4n) is 1.53. The zero-order valence-corrected chi connectivity index (χ0v) is 10.1. The van der Waals surface area contributed by atoms with Crippen LogP contribution in [0, 0.1) is 0 Å². The molecule has 100 valence electrons. The number of aromatic amines is 2. The van der Waals surface area contributed by atoms with Gasteiger partial charge in [0.1, 0.15) is 17.4 Å². The Bertz CT molecular complexity index is 817. The number of hydrogen-bond donors (Lipinski definition) is 4. The maximum atomic E-state index is 5.37. The Morgan fingerprint density at radius 3 is 2.65 bits per heavy atom. The minimum absolute atomic E-state index is 0.198. The largest absolute Gasteiger partial charge is 0.369 e. The third-order valence-corrected chi connectivity index (χ3v) is 2.37. The third-order valence-electron chi connectivity index (χ3n) is 2.37. The Morgan fingerprint density at radius 1 is 0.900 bits per heavy atom. The van der Waals surface area contributed by atoms with E-state index < -0.39 is 0 Å². The van der Waals surface area contributed by atoms with Crippen LogP contribution >= 0.6 is 0 Å². The fourth-order valence-corrected chi connectivity index (χ4v) is 1.53. The number of anilines is 2. The SMILES string of the molecule is Nc1ncc2[nH]c(N)nc2n1.c1ncc2[nH]cnc2n1. The highest BCUT2D eigenvalue weighted by molar-refractivity contribution is 5.72. The summed E-state index contributed by atoms with van der Waals surface area (Å²) in [7, 11) is 0. The number of nitrogens with zero attached hydrogens (tertiary/aromatic N) is 6. The molecule has 6 N–H and O–H groups in total. The summed E-state index contributed by atoms with van der Waals surface area (Å²) in [5.74, 6) is 0.518. The van der Waals surface area contributed by atoms with Crippen molar-refractivity contribution in [3.63, 3.8) is 0 Å². The molecule has 0 bridgehead atoms. The molecule has 4 aromatic heterocycles. The molecule has 0 aliphatic rings. The van der Waals surface area contributed by atoms with Gasteiger partial charge in [0.15, 0.2) is 17.2 Å². The van der Waals surface area contributed by atoms with Gasteiger partial charge in [-0.2, -0.15) is 9.97 Å². The highest BCUT2D eigenvalue weighted by Gasteiger charge is 2.00. The Hall–Kier alpha value is -3.30. The average Bonchev–Trinajstić information content (AvgIpc) is 3.04. The minimum atomic E-state index is 0.198. The number of nitrogen functional groups attached to an aromatic ring is 2. The van der Waals surface area contributed by atoms with Gasteiger partial charge in [-0.3, -0.25) is 0 Å². The summed E-state index contributed by atoms with van der Waals surface area (Å²) in [5, 5.41) is 0. The van der Waals surface area contributed by atoms with Gasteiger partial charge in [-0.1, -0.05) is 0 Å². The number of nitrogens with one attached hydrogen (secondary N) is 2. The van der Waals surface area contributed by atoms with Crippen LogP contribution < -0.4 is 11.5 Å². The van der Waals surface area contributed by atoms with Gasteiger partial charge in [0.05, 0.1) is 18.7 Å². The first-order valence-electron chi connectivity index (χ1n) is 5.55. The highest BCUT2D eigenvalue weighted by atomic mass is 15.1. The summed E-state index contributed by atoms with van der Waals surface area (Å²) < 4.78 is 0. The lowest BCUT2D eigenvalue weighted by Crippen LogP contribution is -1.93. The van der Waals surface area contributed by atoms with Gasteiger partial charge in [-0.25, -0.2) is 19.9 Å². The smallest absolute Gasteiger partial charge is 0.222 e. The second-order valence-corrected chi connectivity index (χ2v) is 3.75. The molecule has 0 amide bonds. The van der Waals surface area contributed by atoms with E-state index >= 15 is 0 Å². The van der Waals surface area contributed by atoms with Crippen LogP contribution in [0.1, 0.15) is 0 Å². The molecule has 0 unspecified atom stereocenters. The van der Waals surface area contributed by atoms with E-state index in [1.165, 1.54) is 6.33 Å². The molecule has 0 saturated heterocycles. The van der Waals surface area contributed by atoms with E-state index in [0.29, 0.717) is 22.8 Å². The Kier molecular flexibility index (Phi) is 2.80. The lowest BCUT2D eigenvalue weighted by Gasteiger charge is -1.87. The molecule has 0 aromatic carbocycles. The zero-order chi connectivity index (χ0) is 13.9. The standard InChI is InChI=1S/C5H6N6.C5H4N4/c6-4-8-1-2-3(10-4)11-5(7)9-2;1-4-5(8-2-6-1)9-3-7-4/h1H,(H5,6,7,8,9,10,11);1-3H,(H,6,7,8,9). The number of nitrogens with two attached hydrogens (primary N) is 2. The molecule has 10 nitrogen and oxygen atoms in total. The second-order valence-electron chi connectivity index (χ2n) is 3.75. The molecule has 0 spiro atoms. The van der Waals surface area contributed by atoms with Crippen molar-refractivity contribution in [1.29, 1.82) is 0 Å². The van der Waals surface area contributed by atoms with Gasteiger partial charge in [-0.15, -0.1) is 0 Å². The van der Waals surface area contributed by atoms with Crippen LogP contribution in [0.4, 0.5) is 11.9 Å². The van der Waals surface area contributed by atoms with Gasteiger partial charge in [0, 0.05) is 0 Å². The van der Waals surface area contributed by atoms with Crippen molar-refractivity contribution >= 4 is 34.2 Å². The van der Waals surface area contributed by atoms with Crippen LogP contribution in [0.5, 0.6) is 0 Å². The van der Waals surface area contributed by atoms with Crippen molar-refractivity contribution < 1.29 is 0 Å². The molecule has 4 aromatic rings. The molecular weight excluding hydrogens is 260 g/mol. The molecule has 0 radical (unpaired) electrons. The number of H-pyrrole nitrogens is 2. The van der Waals surface area contributed by atoms with E-state index in [-0.39, 0.29) is 5.95 Å². The zero-order valence-electron chi connectivity index (χ0n) is 10.1. The van der Waals surface area contributed by atoms with Crippen LogP contribution in [0.25, 0.3) is 22.3 Å². The second kappa shape index (κ2) is 4.76. The maximum Gasteiger partial charge on any atom is 0.222 e. The van der Waals surface area contributed by atoms with Crippen LogP contribution in [-0.4, -0.2) is 39.9 Å². The predicted molar refractivity (Wildman–Crippen MR) is 72.2 cm³/mol. The summed E-state index contributed by atoms with van der Waals surface area (Å²) in [4.78, 5) is 28.7. The van der Waals surface area contributed by atoms with Gasteiger partial charge in [0.25, 0.3) is 0 Å². The van der Waals surface area contributed by atoms with Crippen molar-refractivity contribution in [2.24, 2.45) is 0 Å². The number of imidazole rings is 2. The maximum absolute atomic E-state index is 5.37. The van der Waals surface area contributed by atoms with E-state index in [2.05, 4.69) is 39.9 Å². The molecule has 0 aliphatic carbocycles. The summed E-state index contributed by atoms with van der Waals surface area (Å²) >= 11 is 0. The highest BCUT2D eigenvalue weighted by Crippen LogP contribution is 2.08. The van der Waals surface area contributed by atoms with Gasteiger partial charge < -0.3 is 21.4 Å². The minimum Gasteiger partial charge on any atom is -0.369 e. The molecule has 0 saturated carbocycles. The topological polar surface area (TPSA) is 161 Å². The third kappa shape index (κ3) is 2.29. The molecule has 4 rings (SSSR count). The van der Waals surface area contributed by atoms with E-state index in [9.17, 15) is 0 Å². The predicted octanol–water partition coefficient (Wildman–Crippen LogP) is -0.130. The van der Waals surface area contributed by atoms with Crippen LogP contribution in [-0.2, 0) is 0 Å². The summed E-state index contributed by atoms with van der Waals surface area (Å²) in [6.07, 6.45) is 6.30. The fraction of sp³-hybridized carbons (Fsp3) is 0. The molecule has 0 atom stereocenters. The first-order valence-corrected chi connectivity index (χ1v) is 5.55. The lowest BCUT2D eigenvalue weighted by atomic mass is 10.6. The summed E-state index contributed by atoms with van der Waals surface area (Å²) in [5.41, 5.74) is 13.5. The first-order chi connectivity index (χ1) is 9.72. The van der Waals surface area contributed by atoms with E-state index in [0.717, 1.165) is 5.52 Å². The van der Waals surface area contributed by atoms with Crippen molar-refractivity contribution in [1.82, 2.24) is 39.9 Å². The van der Waals surface area contributed by atoms with Gasteiger partial charge in [-0.05, 0) is 0 Å². The first kappa shape index (κ1) is 11.8. The number of fused-ring (bicyclic) bond motifs is 2.